The molecular weight excluding hydrogens is 276 g/mol. The summed E-state index contributed by atoms with van der Waals surface area (Å²) >= 11 is 0. The monoisotopic (exact) mass is 294 g/mol. The average molecular weight is 294 g/mol. The minimum Gasteiger partial charge on any atom is -0.479 e. The van der Waals surface area contributed by atoms with Gasteiger partial charge in [0.15, 0.2) is 6.10 Å². The molecule has 0 saturated carbocycles. The Hall–Kier alpha value is -2.12. The summed E-state index contributed by atoms with van der Waals surface area (Å²) in [6.07, 6.45) is -0.521. The van der Waals surface area contributed by atoms with Crippen LogP contribution in [0.4, 0.5) is 11.4 Å². The highest BCUT2D eigenvalue weighted by Crippen LogP contribution is 2.32. The van der Waals surface area contributed by atoms with Crippen LogP contribution >= 0.6 is 0 Å². The van der Waals surface area contributed by atoms with E-state index in [2.05, 4.69) is 10.6 Å². The van der Waals surface area contributed by atoms with Gasteiger partial charge < -0.3 is 24.8 Å². The minimum absolute atomic E-state index is 0.0552. The third-order valence-corrected chi connectivity index (χ3v) is 2.86. The Morgan fingerprint density at radius 2 is 2.24 bits per heavy atom. The zero-order chi connectivity index (χ0) is 15.2. The molecule has 7 nitrogen and oxygen atoms in total. The van der Waals surface area contributed by atoms with Crippen molar-refractivity contribution in [3.8, 4) is 5.75 Å². The van der Waals surface area contributed by atoms with Gasteiger partial charge in [-0.15, -0.1) is 0 Å². The molecule has 1 atom stereocenters. The summed E-state index contributed by atoms with van der Waals surface area (Å²) in [5, 5.41) is 5.40. The van der Waals surface area contributed by atoms with Crippen LogP contribution in [0.25, 0.3) is 0 Å². The second-order valence-corrected chi connectivity index (χ2v) is 4.55. The number of hydrogen-bond donors (Lipinski definition) is 2. The van der Waals surface area contributed by atoms with Crippen molar-refractivity contribution >= 4 is 23.2 Å². The quantitative estimate of drug-likeness (QED) is 0.765. The van der Waals surface area contributed by atoms with Gasteiger partial charge in [0.2, 0.25) is 5.91 Å². The topological polar surface area (TPSA) is 85.9 Å². The van der Waals surface area contributed by atoms with Crippen LogP contribution in [0.3, 0.4) is 0 Å². The Kier molecular flexibility index (Phi) is 5.13. The largest absolute Gasteiger partial charge is 0.479 e. The molecule has 1 aromatic rings. The van der Waals surface area contributed by atoms with Crippen LogP contribution in [-0.2, 0) is 19.1 Å². The number of ether oxygens (including phenoxy) is 3. The number of hydrogen-bond acceptors (Lipinski definition) is 5. The number of carbonyl (C=O) groups excluding carboxylic acids is 2. The van der Waals surface area contributed by atoms with Crippen LogP contribution in [0, 0.1) is 0 Å². The number of fused-ring (bicyclic) bond motifs is 1. The maximum absolute atomic E-state index is 11.7. The molecule has 114 valence electrons. The molecule has 2 N–H and O–H groups in total. The molecule has 2 rings (SSSR count). The fraction of sp³-hybridized carbons (Fsp3) is 0.429. The lowest BCUT2D eigenvalue weighted by atomic mass is 10.2. The zero-order valence-corrected chi connectivity index (χ0v) is 12.0. The van der Waals surface area contributed by atoms with Crippen molar-refractivity contribution in [3.63, 3.8) is 0 Å². The second-order valence-electron chi connectivity index (χ2n) is 4.55. The van der Waals surface area contributed by atoms with Crippen molar-refractivity contribution in [2.75, 3.05) is 37.6 Å². The van der Waals surface area contributed by atoms with Crippen molar-refractivity contribution < 1.29 is 23.8 Å². The van der Waals surface area contributed by atoms with Gasteiger partial charge in [-0.2, -0.15) is 0 Å². The fourth-order valence-electron chi connectivity index (χ4n) is 1.79. The molecule has 0 bridgehead atoms. The van der Waals surface area contributed by atoms with Crippen molar-refractivity contribution in [1.29, 1.82) is 0 Å². The second kappa shape index (κ2) is 7.05. The molecule has 1 aliphatic rings. The van der Waals surface area contributed by atoms with Crippen molar-refractivity contribution in [3.05, 3.63) is 18.2 Å². The first-order valence-electron chi connectivity index (χ1n) is 6.58. The molecule has 21 heavy (non-hydrogen) atoms. The van der Waals surface area contributed by atoms with Gasteiger partial charge in [0.1, 0.15) is 12.4 Å². The number of nitrogens with one attached hydrogen (secondary N) is 2. The maximum Gasteiger partial charge on any atom is 0.265 e. The number of methoxy groups -OCH3 is 1. The summed E-state index contributed by atoms with van der Waals surface area (Å²) < 4.78 is 15.4. The van der Waals surface area contributed by atoms with E-state index in [1.807, 2.05) is 0 Å². The first-order valence-corrected chi connectivity index (χ1v) is 6.58. The normalized spacial score (nSPS) is 16.7. The smallest absolute Gasteiger partial charge is 0.265 e. The summed E-state index contributed by atoms with van der Waals surface area (Å²) in [5.41, 5.74) is 1.10. The lowest BCUT2D eigenvalue weighted by molar-refractivity contribution is -0.122. The Morgan fingerprint density at radius 1 is 1.43 bits per heavy atom. The van der Waals surface area contributed by atoms with E-state index in [9.17, 15) is 9.59 Å². The summed E-state index contributed by atoms with van der Waals surface area (Å²) in [6, 6.07) is 5.05. The van der Waals surface area contributed by atoms with E-state index in [1.54, 1.807) is 32.2 Å². The predicted molar refractivity (Wildman–Crippen MR) is 76.5 cm³/mol. The van der Waals surface area contributed by atoms with Gasteiger partial charge in [0, 0.05) is 12.8 Å². The summed E-state index contributed by atoms with van der Waals surface area (Å²) in [6.45, 7) is 2.41. The van der Waals surface area contributed by atoms with Gasteiger partial charge in [-0.3, -0.25) is 9.59 Å². The molecule has 0 saturated heterocycles. The molecular formula is C14H18N2O5. The van der Waals surface area contributed by atoms with Crippen molar-refractivity contribution in [2.45, 2.75) is 13.0 Å². The molecule has 0 fully saturated rings. The summed E-state index contributed by atoms with van der Waals surface area (Å²) in [7, 11) is 1.56. The van der Waals surface area contributed by atoms with Gasteiger partial charge in [-0.25, -0.2) is 0 Å². The summed E-state index contributed by atoms with van der Waals surface area (Å²) in [5.74, 6) is 0.0906. The van der Waals surface area contributed by atoms with E-state index in [4.69, 9.17) is 14.2 Å². The lowest BCUT2D eigenvalue weighted by Crippen LogP contribution is -2.34. The Morgan fingerprint density at radius 3 is 3.00 bits per heavy atom. The Labute approximate surface area is 122 Å². The van der Waals surface area contributed by atoms with Gasteiger partial charge >= 0.3 is 0 Å². The van der Waals surface area contributed by atoms with Crippen LogP contribution in [0.5, 0.6) is 5.75 Å². The first kappa shape index (κ1) is 15.3. The number of carbonyl (C=O) groups is 2. The van der Waals surface area contributed by atoms with Crippen LogP contribution in [0.15, 0.2) is 18.2 Å². The molecule has 0 radical (unpaired) electrons. The molecule has 1 aromatic carbocycles. The Bertz CT molecular complexity index is 532. The Balaban J connectivity index is 1.91. The van der Waals surface area contributed by atoms with E-state index in [1.165, 1.54) is 0 Å². The molecule has 0 unspecified atom stereocenters. The molecule has 0 aliphatic carbocycles. The van der Waals surface area contributed by atoms with Gasteiger partial charge in [0.25, 0.3) is 5.91 Å². The van der Waals surface area contributed by atoms with E-state index in [-0.39, 0.29) is 18.4 Å². The highest BCUT2D eigenvalue weighted by molar-refractivity contribution is 5.99. The predicted octanol–water partition coefficient (Wildman–Crippen LogP) is 1.01. The van der Waals surface area contributed by atoms with Crippen molar-refractivity contribution in [2.24, 2.45) is 0 Å². The van der Waals surface area contributed by atoms with Crippen molar-refractivity contribution in [1.82, 2.24) is 0 Å². The lowest BCUT2D eigenvalue weighted by Gasteiger charge is -2.23. The number of benzene rings is 1. The molecule has 0 spiro atoms. The zero-order valence-electron chi connectivity index (χ0n) is 12.0. The SMILES string of the molecule is COCCOCC(=O)Nc1ccc2c(c1)NC(=O)[C@H](C)O2. The van der Waals surface area contributed by atoms with Gasteiger partial charge in [-0.05, 0) is 25.1 Å². The standard InChI is InChI=1S/C14H18N2O5/c1-9-14(18)16-11-7-10(3-4-12(11)21-9)15-13(17)8-20-6-5-19-2/h3-4,7,9H,5-6,8H2,1-2H3,(H,15,17)(H,16,18)/t9-/m0/s1. The van der Waals surface area contributed by atoms with E-state index >= 15 is 0 Å². The highest BCUT2D eigenvalue weighted by Gasteiger charge is 2.23. The maximum atomic E-state index is 11.7. The number of rotatable bonds is 6. The third kappa shape index (κ3) is 4.17. The highest BCUT2D eigenvalue weighted by atomic mass is 16.5. The summed E-state index contributed by atoms with van der Waals surface area (Å²) in [4.78, 5) is 23.2. The fourth-order valence-corrected chi connectivity index (χ4v) is 1.79. The van der Waals surface area contributed by atoms with Crippen LogP contribution in [0.2, 0.25) is 0 Å². The molecule has 1 aliphatic heterocycles. The third-order valence-electron chi connectivity index (χ3n) is 2.86. The number of anilines is 2. The number of amides is 2. The van der Waals surface area contributed by atoms with Gasteiger partial charge in [0.05, 0.1) is 18.9 Å². The van der Waals surface area contributed by atoms with E-state index in [0.29, 0.717) is 30.3 Å². The molecule has 2 amide bonds. The first-order chi connectivity index (χ1) is 10.1. The van der Waals surface area contributed by atoms with Crippen LogP contribution < -0.4 is 15.4 Å². The molecule has 1 heterocycles. The molecule has 7 heteroatoms. The van der Waals surface area contributed by atoms with E-state index < -0.39 is 6.10 Å². The van der Waals surface area contributed by atoms with Crippen LogP contribution in [-0.4, -0.2) is 44.8 Å². The van der Waals surface area contributed by atoms with Crippen LogP contribution in [0.1, 0.15) is 6.92 Å². The molecule has 0 aromatic heterocycles. The van der Waals surface area contributed by atoms with E-state index in [0.717, 1.165) is 0 Å². The average Bonchev–Trinajstić information content (AvgIpc) is 2.45. The van der Waals surface area contributed by atoms with Gasteiger partial charge in [-0.1, -0.05) is 0 Å². The minimum atomic E-state index is -0.521.